The lowest BCUT2D eigenvalue weighted by Crippen LogP contribution is -2.11. The Balaban J connectivity index is 1.35. The van der Waals surface area contributed by atoms with Gasteiger partial charge in [0.1, 0.15) is 11.0 Å². The van der Waals surface area contributed by atoms with Crippen LogP contribution in [0, 0.1) is 13.8 Å². The van der Waals surface area contributed by atoms with Crippen molar-refractivity contribution in [1.82, 2.24) is 15.0 Å². The Morgan fingerprint density at radius 2 is 1.21 bits per heavy atom. The highest BCUT2D eigenvalue weighted by Gasteiger charge is 2.16. The van der Waals surface area contributed by atoms with E-state index in [2.05, 4.69) is 122 Å². The van der Waals surface area contributed by atoms with Crippen molar-refractivity contribution in [3.05, 3.63) is 132 Å². The molecule has 0 radical (unpaired) electrons. The summed E-state index contributed by atoms with van der Waals surface area (Å²) in [6.07, 6.45) is 0. The standard InChI is InChI=1S/C34H26N4/c1-23-11-15-26(16-12-23)37(33-22-13-24(2)29-8-5-6-10-31(29)33)27-17-19-28(20-18-27)38-35-32-21-14-25-7-3-4-9-30(25)34(32)36-38/h3-22H,1-2H3. The molecule has 0 unspecified atom stereocenters. The number of hydrogen-bond donors (Lipinski definition) is 0. The van der Waals surface area contributed by atoms with E-state index in [0.717, 1.165) is 39.2 Å². The molecule has 7 aromatic rings. The number of fused-ring (bicyclic) bond motifs is 4. The highest BCUT2D eigenvalue weighted by atomic mass is 15.5. The van der Waals surface area contributed by atoms with Crippen molar-refractivity contribution in [3.8, 4) is 5.69 Å². The SMILES string of the molecule is Cc1ccc(N(c2ccc(-n3nc4ccc5ccccc5c4n3)cc2)c2ccc(C)c3ccccc23)cc1. The zero-order chi connectivity index (χ0) is 25.6. The second kappa shape index (κ2) is 8.86. The van der Waals surface area contributed by atoms with E-state index in [-0.39, 0.29) is 0 Å². The van der Waals surface area contributed by atoms with Gasteiger partial charge >= 0.3 is 0 Å². The summed E-state index contributed by atoms with van der Waals surface area (Å²) in [4.78, 5) is 4.06. The quantitative estimate of drug-likeness (QED) is 0.247. The van der Waals surface area contributed by atoms with Crippen LogP contribution in [0.15, 0.2) is 121 Å². The summed E-state index contributed by atoms with van der Waals surface area (Å²) < 4.78 is 0. The minimum absolute atomic E-state index is 0.889. The Kier molecular flexibility index (Phi) is 5.19. The molecule has 0 amide bonds. The van der Waals surface area contributed by atoms with Crippen LogP contribution in [0.25, 0.3) is 38.3 Å². The van der Waals surface area contributed by atoms with E-state index in [1.807, 2.05) is 18.2 Å². The van der Waals surface area contributed by atoms with Crippen molar-refractivity contribution < 1.29 is 0 Å². The molecule has 0 saturated carbocycles. The van der Waals surface area contributed by atoms with Gasteiger partial charge in [0.05, 0.1) is 11.4 Å². The lowest BCUT2D eigenvalue weighted by atomic mass is 10.0. The molecule has 0 N–H and O–H groups in total. The number of anilines is 3. The molecular weight excluding hydrogens is 464 g/mol. The molecule has 0 aliphatic heterocycles. The number of nitrogens with zero attached hydrogens (tertiary/aromatic N) is 4. The molecule has 182 valence electrons. The Bertz CT molecular complexity index is 1930. The highest BCUT2D eigenvalue weighted by Crippen LogP contribution is 2.40. The summed E-state index contributed by atoms with van der Waals surface area (Å²) >= 11 is 0. The fraction of sp³-hybridized carbons (Fsp3) is 0.0588. The van der Waals surface area contributed by atoms with E-state index >= 15 is 0 Å². The van der Waals surface area contributed by atoms with Gasteiger partial charge in [-0.2, -0.15) is 4.80 Å². The molecule has 0 aliphatic carbocycles. The molecule has 0 spiro atoms. The lowest BCUT2D eigenvalue weighted by molar-refractivity contribution is 0.766. The molecule has 7 rings (SSSR count). The third kappa shape index (κ3) is 3.70. The molecule has 38 heavy (non-hydrogen) atoms. The first-order valence-corrected chi connectivity index (χ1v) is 12.9. The summed E-state index contributed by atoms with van der Waals surface area (Å²) in [5, 5.41) is 14.4. The first kappa shape index (κ1) is 22.3. The second-order valence-electron chi connectivity index (χ2n) is 9.78. The fourth-order valence-electron chi connectivity index (χ4n) is 5.25. The Hall–Kier alpha value is -4.96. The van der Waals surface area contributed by atoms with Crippen LogP contribution in [0.3, 0.4) is 0 Å². The Morgan fingerprint density at radius 3 is 1.97 bits per heavy atom. The molecular formula is C34H26N4. The Morgan fingerprint density at radius 1 is 0.553 bits per heavy atom. The molecule has 4 nitrogen and oxygen atoms in total. The van der Waals surface area contributed by atoms with E-state index in [1.54, 1.807) is 4.80 Å². The van der Waals surface area contributed by atoms with E-state index in [1.165, 1.54) is 27.3 Å². The van der Waals surface area contributed by atoms with E-state index < -0.39 is 0 Å². The molecule has 0 atom stereocenters. The van der Waals surface area contributed by atoms with Gasteiger partial charge in [-0.3, -0.25) is 0 Å². The molecule has 0 bridgehead atoms. The van der Waals surface area contributed by atoms with Crippen LogP contribution in [-0.2, 0) is 0 Å². The summed E-state index contributed by atoms with van der Waals surface area (Å²) in [5.41, 5.74) is 8.58. The van der Waals surface area contributed by atoms with Gasteiger partial charge in [-0.1, -0.05) is 78.4 Å². The molecule has 1 heterocycles. The van der Waals surface area contributed by atoms with Crippen LogP contribution in [0.1, 0.15) is 11.1 Å². The third-order valence-corrected chi connectivity index (χ3v) is 7.27. The predicted molar refractivity (Wildman–Crippen MR) is 158 cm³/mol. The van der Waals surface area contributed by atoms with Crippen molar-refractivity contribution in [2.24, 2.45) is 0 Å². The molecule has 0 fully saturated rings. The maximum Gasteiger partial charge on any atom is 0.121 e. The van der Waals surface area contributed by atoms with E-state index in [9.17, 15) is 0 Å². The van der Waals surface area contributed by atoms with Gasteiger partial charge in [-0.05, 0) is 78.7 Å². The summed E-state index contributed by atoms with van der Waals surface area (Å²) in [7, 11) is 0. The zero-order valence-corrected chi connectivity index (χ0v) is 21.3. The second-order valence-corrected chi connectivity index (χ2v) is 9.78. The first-order valence-electron chi connectivity index (χ1n) is 12.9. The van der Waals surface area contributed by atoms with Gasteiger partial charge in [-0.15, -0.1) is 10.2 Å². The largest absolute Gasteiger partial charge is 0.310 e. The summed E-state index contributed by atoms with van der Waals surface area (Å²) in [5.74, 6) is 0. The smallest absolute Gasteiger partial charge is 0.121 e. The van der Waals surface area contributed by atoms with Gasteiger partial charge in [-0.25, -0.2) is 0 Å². The van der Waals surface area contributed by atoms with Crippen LogP contribution in [0.2, 0.25) is 0 Å². The van der Waals surface area contributed by atoms with Crippen LogP contribution in [0.4, 0.5) is 17.1 Å². The topological polar surface area (TPSA) is 34.0 Å². The monoisotopic (exact) mass is 490 g/mol. The van der Waals surface area contributed by atoms with Crippen molar-refractivity contribution in [3.63, 3.8) is 0 Å². The summed E-state index contributed by atoms with van der Waals surface area (Å²) in [6, 6.07) is 42.7. The molecule has 6 aromatic carbocycles. The zero-order valence-electron chi connectivity index (χ0n) is 21.3. The van der Waals surface area contributed by atoms with Crippen molar-refractivity contribution in [1.29, 1.82) is 0 Å². The van der Waals surface area contributed by atoms with Gasteiger partial charge in [0.2, 0.25) is 0 Å². The Labute approximate surface area is 221 Å². The van der Waals surface area contributed by atoms with Crippen molar-refractivity contribution in [2.75, 3.05) is 4.90 Å². The van der Waals surface area contributed by atoms with Gasteiger partial charge in [0.15, 0.2) is 0 Å². The van der Waals surface area contributed by atoms with Crippen molar-refractivity contribution >= 4 is 49.6 Å². The van der Waals surface area contributed by atoms with Crippen LogP contribution >= 0.6 is 0 Å². The number of rotatable bonds is 4. The number of hydrogen-bond acceptors (Lipinski definition) is 3. The maximum atomic E-state index is 4.85. The van der Waals surface area contributed by atoms with Crippen molar-refractivity contribution in [2.45, 2.75) is 13.8 Å². The van der Waals surface area contributed by atoms with E-state index in [0.29, 0.717) is 0 Å². The molecule has 1 aromatic heterocycles. The predicted octanol–water partition coefficient (Wildman–Crippen LogP) is 8.81. The average molecular weight is 491 g/mol. The van der Waals surface area contributed by atoms with Crippen LogP contribution in [0.5, 0.6) is 0 Å². The maximum absolute atomic E-state index is 4.85. The van der Waals surface area contributed by atoms with Crippen LogP contribution in [-0.4, -0.2) is 15.0 Å². The van der Waals surface area contributed by atoms with Gasteiger partial charge in [0, 0.05) is 22.1 Å². The molecule has 0 saturated heterocycles. The lowest BCUT2D eigenvalue weighted by Gasteiger charge is -2.27. The minimum Gasteiger partial charge on any atom is -0.310 e. The van der Waals surface area contributed by atoms with Crippen LogP contribution < -0.4 is 4.90 Å². The highest BCUT2D eigenvalue weighted by molar-refractivity contribution is 6.04. The normalized spacial score (nSPS) is 11.4. The molecule has 4 heteroatoms. The number of aryl methyl sites for hydroxylation is 2. The summed E-state index contributed by atoms with van der Waals surface area (Å²) in [6.45, 7) is 4.29. The van der Waals surface area contributed by atoms with Gasteiger partial charge in [0.25, 0.3) is 0 Å². The first-order chi connectivity index (χ1) is 18.7. The number of benzene rings is 6. The fourth-order valence-corrected chi connectivity index (χ4v) is 5.25. The van der Waals surface area contributed by atoms with E-state index in [4.69, 9.17) is 10.2 Å². The van der Waals surface area contributed by atoms with Gasteiger partial charge < -0.3 is 4.90 Å². The third-order valence-electron chi connectivity index (χ3n) is 7.27. The molecule has 0 aliphatic rings. The number of aromatic nitrogens is 3. The average Bonchev–Trinajstić information content (AvgIpc) is 3.41. The minimum atomic E-state index is 0.889.